The highest BCUT2D eigenvalue weighted by atomic mass is 35.5. The van der Waals surface area contributed by atoms with Gasteiger partial charge < -0.3 is 10.2 Å². The number of halogens is 1. The lowest BCUT2D eigenvalue weighted by Gasteiger charge is -2.33. The van der Waals surface area contributed by atoms with Gasteiger partial charge in [-0.15, -0.1) is 17.5 Å². The molecule has 0 bridgehead atoms. The van der Waals surface area contributed by atoms with Crippen LogP contribution in [0.15, 0.2) is 36.5 Å². The number of piperazine rings is 1. The zero-order chi connectivity index (χ0) is 14.7. The summed E-state index contributed by atoms with van der Waals surface area (Å²) in [6.07, 6.45) is 1.73. The van der Waals surface area contributed by atoms with E-state index in [0.29, 0.717) is 18.8 Å². The minimum Gasteiger partial charge on any atom is -0.332 e. The Hall–Kier alpha value is -1.92. The van der Waals surface area contributed by atoms with Gasteiger partial charge in [-0.3, -0.25) is 4.79 Å². The second-order valence-corrected chi connectivity index (χ2v) is 5.34. The first-order valence-electron chi connectivity index (χ1n) is 7.20. The molecule has 7 heteroatoms. The largest absolute Gasteiger partial charge is 0.332 e. The third-order valence-electron chi connectivity index (χ3n) is 3.71. The summed E-state index contributed by atoms with van der Waals surface area (Å²) in [5, 5.41) is 11.4. The van der Waals surface area contributed by atoms with Crippen molar-refractivity contribution in [2.45, 2.75) is 19.5 Å². The lowest BCUT2D eigenvalue weighted by Crippen LogP contribution is -2.52. The summed E-state index contributed by atoms with van der Waals surface area (Å²) in [6.45, 7) is 5.03. The minimum absolute atomic E-state index is 0. The van der Waals surface area contributed by atoms with Crippen molar-refractivity contribution < 1.29 is 4.79 Å². The SMILES string of the molecule is CC1CNCCN1C(=O)c1cn(Cc2ccccc2)nn1.Cl. The fourth-order valence-electron chi connectivity index (χ4n) is 2.53. The van der Waals surface area contributed by atoms with E-state index in [1.54, 1.807) is 10.9 Å². The number of carbonyl (C=O) groups is 1. The van der Waals surface area contributed by atoms with Crippen LogP contribution in [0.3, 0.4) is 0 Å². The quantitative estimate of drug-likeness (QED) is 0.922. The van der Waals surface area contributed by atoms with Crippen LogP contribution in [-0.2, 0) is 6.54 Å². The second kappa shape index (κ2) is 7.38. The number of rotatable bonds is 3. The van der Waals surface area contributed by atoms with E-state index in [9.17, 15) is 4.79 Å². The first kappa shape index (κ1) is 16.5. The average Bonchev–Trinajstić information content (AvgIpc) is 2.97. The number of carbonyl (C=O) groups excluding carboxylic acids is 1. The van der Waals surface area contributed by atoms with Crippen molar-refractivity contribution in [2.24, 2.45) is 0 Å². The summed E-state index contributed by atoms with van der Waals surface area (Å²) >= 11 is 0. The van der Waals surface area contributed by atoms with Gasteiger partial charge in [0.05, 0.1) is 12.7 Å². The van der Waals surface area contributed by atoms with Gasteiger partial charge in [0.1, 0.15) is 0 Å². The molecule has 1 aliphatic heterocycles. The fourth-order valence-corrected chi connectivity index (χ4v) is 2.53. The van der Waals surface area contributed by atoms with Crippen molar-refractivity contribution in [1.29, 1.82) is 0 Å². The Morgan fingerprint density at radius 1 is 1.36 bits per heavy atom. The van der Waals surface area contributed by atoms with Gasteiger partial charge in [0.15, 0.2) is 5.69 Å². The molecule has 0 spiro atoms. The standard InChI is InChI=1S/C15H19N5O.ClH/c1-12-9-16-7-8-20(12)15(21)14-11-19(18-17-14)10-13-5-3-2-4-6-13;/h2-6,11-12,16H,7-10H2,1H3;1H. The number of hydrogen-bond donors (Lipinski definition) is 1. The molecule has 22 heavy (non-hydrogen) atoms. The van der Waals surface area contributed by atoms with E-state index >= 15 is 0 Å². The van der Waals surface area contributed by atoms with Crippen LogP contribution in [0.1, 0.15) is 23.0 Å². The maximum Gasteiger partial charge on any atom is 0.276 e. The van der Waals surface area contributed by atoms with Crippen LogP contribution in [0.4, 0.5) is 0 Å². The third-order valence-corrected chi connectivity index (χ3v) is 3.71. The molecule has 0 saturated carbocycles. The third kappa shape index (κ3) is 3.64. The molecular formula is C15H20ClN5O. The van der Waals surface area contributed by atoms with Crippen LogP contribution in [0.25, 0.3) is 0 Å². The van der Waals surface area contributed by atoms with Gasteiger partial charge in [0.25, 0.3) is 5.91 Å². The lowest BCUT2D eigenvalue weighted by atomic mass is 10.2. The second-order valence-electron chi connectivity index (χ2n) is 5.34. The Kier molecular flexibility index (Phi) is 5.51. The van der Waals surface area contributed by atoms with E-state index < -0.39 is 0 Å². The van der Waals surface area contributed by atoms with Crippen LogP contribution < -0.4 is 5.32 Å². The molecule has 3 rings (SSSR count). The van der Waals surface area contributed by atoms with Crippen LogP contribution in [0.2, 0.25) is 0 Å². The number of hydrogen-bond acceptors (Lipinski definition) is 4. The Balaban J connectivity index is 0.00000176. The molecule has 2 heterocycles. The first-order valence-corrected chi connectivity index (χ1v) is 7.20. The number of benzene rings is 1. The molecule has 1 aromatic carbocycles. The van der Waals surface area contributed by atoms with Crippen molar-refractivity contribution in [2.75, 3.05) is 19.6 Å². The minimum atomic E-state index is -0.0386. The molecule has 118 valence electrons. The predicted octanol–water partition coefficient (Wildman–Crippen LogP) is 1.18. The molecular weight excluding hydrogens is 302 g/mol. The maximum absolute atomic E-state index is 12.5. The Morgan fingerprint density at radius 2 is 2.14 bits per heavy atom. The normalized spacial score (nSPS) is 17.9. The van der Waals surface area contributed by atoms with Crippen molar-refractivity contribution in [1.82, 2.24) is 25.2 Å². The Morgan fingerprint density at radius 3 is 2.86 bits per heavy atom. The van der Waals surface area contributed by atoms with E-state index in [0.717, 1.165) is 18.7 Å². The van der Waals surface area contributed by atoms with E-state index in [4.69, 9.17) is 0 Å². The molecule has 0 radical (unpaired) electrons. The van der Waals surface area contributed by atoms with Crippen LogP contribution in [0.5, 0.6) is 0 Å². The van der Waals surface area contributed by atoms with Crippen LogP contribution in [-0.4, -0.2) is 51.5 Å². The highest BCUT2D eigenvalue weighted by Gasteiger charge is 2.25. The smallest absolute Gasteiger partial charge is 0.276 e. The van der Waals surface area contributed by atoms with Crippen molar-refractivity contribution in [3.63, 3.8) is 0 Å². The molecule has 1 unspecified atom stereocenters. The van der Waals surface area contributed by atoms with E-state index in [1.165, 1.54) is 0 Å². The van der Waals surface area contributed by atoms with E-state index in [1.807, 2.05) is 42.2 Å². The zero-order valence-corrected chi connectivity index (χ0v) is 13.3. The summed E-state index contributed by atoms with van der Waals surface area (Å²) < 4.78 is 1.70. The van der Waals surface area contributed by atoms with Gasteiger partial charge in [0.2, 0.25) is 0 Å². The van der Waals surface area contributed by atoms with Gasteiger partial charge in [-0.25, -0.2) is 4.68 Å². The average molecular weight is 322 g/mol. The summed E-state index contributed by atoms with van der Waals surface area (Å²) in [7, 11) is 0. The molecule has 1 fully saturated rings. The van der Waals surface area contributed by atoms with E-state index in [-0.39, 0.29) is 24.4 Å². The molecule has 1 aromatic heterocycles. The highest BCUT2D eigenvalue weighted by molar-refractivity contribution is 5.92. The monoisotopic (exact) mass is 321 g/mol. The number of nitrogens with zero attached hydrogens (tertiary/aromatic N) is 4. The highest BCUT2D eigenvalue weighted by Crippen LogP contribution is 2.09. The van der Waals surface area contributed by atoms with E-state index in [2.05, 4.69) is 15.6 Å². The van der Waals surface area contributed by atoms with Crippen LogP contribution in [0, 0.1) is 0 Å². The van der Waals surface area contributed by atoms with Gasteiger partial charge >= 0.3 is 0 Å². The molecule has 1 atom stereocenters. The summed E-state index contributed by atoms with van der Waals surface area (Å²) in [6, 6.07) is 10.2. The van der Waals surface area contributed by atoms with Crippen molar-refractivity contribution in [3.8, 4) is 0 Å². The predicted molar refractivity (Wildman–Crippen MR) is 86.2 cm³/mol. The molecule has 1 aliphatic rings. The van der Waals surface area contributed by atoms with Gasteiger partial charge in [-0.2, -0.15) is 0 Å². The number of aromatic nitrogens is 3. The molecule has 2 aromatic rings. The van der Waals surface area contributed by atoms with Gasteiger partial charge in [-0.1, -0.05) is 35.5 Å². The number of nitrogens with one attached hydrogen (secondary N) is 1. The lowest BCUT2D eigenvalue weighted by molar-refractivity contribution is 0.0649. The fraction of sp³-hybridized carbons (Fsp3) is 0.400. The maximum atomic E-state index is 12.5. The molecule has 6 nitrogen and oxygen atoms in total. The number of amides is 1. The molecule has 1 amide bonds. The Bertz CT molecular complexity index is 615. The van der Waals surface area contributed by atoms with Gasteiger partial charge in [0, 0.05) is 25.7 Å². The topological polar surface area (TPSA) is 63.1 Å². The first-order chi connectivity index (χ1) is 10.2. The summed E-state index contributed by atoms with van der Waals surface area (Å²) in [5.74, 6) is -0.0386. The van der Waals surface area contributed by atoms with Gasteiger partial charge in [-0.05, 0) is 12.5 Å². The van der Waals surface area contributed by atoms with Crippen molar-refractivity contribution in [3.05, 3.63) is 47.8 Å². The molecule has 1 N–H and O–H groups in total. The van der Waals surface area contributed by atoms with Crippen molar-refractivity contribution >= 4 is 18.3 Å². The molecule has 1 saturated heterocycles. The van der Waals surface area contributed by atoms with Crippen LogP contribution >= 0.6 is 12.4 Å². The molecule has 0 aliphatic carbocycles. The summed E-state index contributed by atoms with van der Waals surface area (Å²) in [5.41, 5.74) is 1.55. The summed E-state index contributed by atoms with van der Waals surface area (Å²) in [4.78, 5) is 14.3. The zero-order valence-electron chi connectivity index (χ0n) is 12.5. The Labute approximate surface area is 135 Å².